The van der Waals surface area contributed by atoms with E-state index in [-0.39, 0.29) is 41.2 Å². The molecular formula is C26H19ClINO8S2. The van der Waals surface area contributed by atoms with E-state index in [1.165, 1.54) is 12.1 Å². The molecule has 0 N–H and O–H groups in total. The van der Waals surface area contributed by atoms with Gasteiger partial charge in [0.25, 0.3) is 11.1 Å². The van der Waals surface area contributed by atoms with Crippen LogP contribution >= 0.6 is 46.0 Å². The minimum Gasteiger partial charge on any atom is -0.490 e. The van der Waals surface area contributed by atoms with Crippen LogP contribution < -0.4 is 18.4 Å². The number of ether oxygens (including phenoxy) is 3. The molecule has 9 nitrogen and oxygen atoms in total. The molecular weight excluding hydrogens is 681 g/mol. The van der Waals surface area contributed by atoms with Gasteiger partial charge in [0.15, 0.2) is 23.0 Å². The van der Waals surface area contributed by atoms with Crippen LogP contribution in [0, 0.1) is 3.57 Å². The first kappa shape index (κ1) is 27.6. The summed E-state index contributed by atoms with van der Waals surface area (Å²) in [6.45, 7) is 2.03. The summed E-state index contributed by atoms with van der Waals surface area (Å²) in [5, 5.41) is -0.104. The summed E-state index contributed by atoms with van der Waals surface area (Å²) in [5.74, 6) is 0.720. The Morgan fingerprint density at radius 2 is 1.82 bits per heavy atom. The third kappa shape index (κ3) is 5.83. The zero-order chi connectivity index (χ0) is 27.7. The Hall–Kier alpha value is -2.94. The van der Waals surface area contributed by atoms with Gasteiger partial charge in [-0.2, -0.15) is 8.42 Å². The Morgan fingerprint density at radius 1 is 1.10 bits per heavy atom. The fourth-order valence-corrected chi connectivity index (χ4v) is 6.71. The third-order valence-corrected chi connectivity index (χ3v) is 8.89. The fraction of sp³-hybridized carbons (Fsp3) is 0.154. The van der Waals surface area contributed by atoms with Crippen LogP contribution in [0.25, 0.3) is 6.08 Å². The molecule has 2 amide bonds. The maximum Gasteiger partial charge on any atom is 0.339 e. The lowest BCUT2D eigenvalue weighted by molar-refractivity contribution is -0.123. The van der Waals surface area contributed by atoms with Gasteiger partial charge in [-0.25, -0.2) is 0 Å². The molecule has 0 bridgehead atoms. The number of hydrogen-bond acceptors (Lipinski definition) is 9. The van der Waals surface area contributed by atoms with E-state index in [0.717, 1.165) is 16.7 Å². The number of carbonyl (C=O) groups is 2. The van der Waals surface area contributed by atoms with Gasteiger partial charge in [0.2, 0.25) is 6.79 Å². The Bertz CT molecular complexity index is 1610. The van der Waals surface area contributed by atoms with Crippen LogP contribution in [0.2, 0.25) is 5.02 Å². The maximum absolute atomic E-state index is 13.2. The van der Waals surface area contributed by atoms with Gasteiger partial charge in [-0.05, 0) is 88.8 Å². The van der Waals surface area contributed by atoms with Crippen LogP contribution in [0.3, 0.4) is 0 Å². The molecule has 0 unspecified atom stereocenters. The van der Waals surface area contributed by atoms with Crippen molar-refractivity contribution in [3.63, 3.8) is 0 Å². The van der Waals surface area contributed by atoms with Gasteiger partial charge in [-0.1, -0.05) is 29.8 Å². The van der Waals surface area contributed by atoms with E-state index in [1.807, 2.05) is 22.6 Å². The number of benzene rings is 3. The van der Waals surface area contributed by atoms with E-state index < -0.39 is 21.3 Å². The predicted octanol–water partition coefficient (Wildman–Crippen LogP) is 6.08. The Balaban J connectivity index is 1.41. The van der Waals surface area contributed by atoms with Gasteiger partial charge in [0.1, 0.15) is 4.90 Å². The number of imide groups is 1. The molecule has 3 aromatic carbocycles. The molecule has 0 aromatic heterocycles. The normalized spacial score (nSPS) is 15.8. The smallest absolute Gasteiger partial charge is 0.339 e. The van der Waals surface area contributed by atoms with Crippen molar-refractivity contribution < 1.29 is 36.4 Å². The van der Waals surface area contributed by atoms with Crippen molar-refractivity contribution in [2.45, 2.75) is 18.4 Å². The topological polar surface area (TPSA) is 108 Å². The number of fused-ring (bicyclic) bond motifs is 1. The molecule has 2 heterocycles. The third-order valence-electron chi connectivity index (χ3n) is 5.60. The van der Waals surface area contributed by atoms with Crippen molar-refractivity contribution in [1.82, 2.24) is 4.90 Å². The van der Waals surface area contributed by atoms with Crippen LogP contribution in [0.1, 0.15) is 18.1 Å². The minimum absolute atomic E-state index is 0.00330. The highest BCUT2D eigenvalue weighted by molar-refractivity contribution is 14.1. The van der Waals surface area contributed by atoms with E-state index >= 15 is 0 Å². The zero-order valence-electron chi connectivity index (χ0n) is 20.2. The monoisotopic (exact) mass is 699 g/mol. The van der Waals surface area contributed by atoms with Crippen molar-refractivity contribution in [3.05, 3.63) is 79.2 Å². The molecule has 0 atom stereocenters. The first-order valence-corrected chi connectivity index (χ1v) is 15.1. The number of halogens is 2. The minimum atomic E-state index is -4.11. The lowest BCUT2D eigenvalue weighted by Gasteiger charge is -2.15. The molecule has 2 aliphatic heterocycles. The summed E-state index contributed by atoms with van der Waals surface area (Å²) in [5.41, 5.74) is 1.07. The first-order chi connectivity index (χ1) is 18.7. The highest BCUT2D eigenvalue weighted by Gasteiger charge is 2.36. The summed E-state index contributed by atoms with van der Waals surface area (Å²) >= 11 is 9.07. The number of rotatable bonds is 8. The van der Waals surface area contributed by atoms with E-state index in [0.29, 0.717) is 31.2 Å². The van der Waals surface area contributed by atoms with Gasteiger partial charge in [-0.15, -0.1) is 0 Å². The Labute approximate surface area is 247 Å². The summed E-state index contributed by atoms with van der Waals surface area (Å²) in [7, 11) is -4.11. The van der Waals surface area contributed by atoms with Crippen LogP contribution in [0.4, 0.5) is 4.79 Å². The number of carbonyl (C=O) groups excluding carboxylic acids is 2. The van der Waals surface area contributed by atoms with Gasteiger partial charge in [-0.3, -0.25) is 14.5 Å². The van der Waals surface area contributed by atoms with Crippen molar-refractivity contribution in [2.24, 2.45) is 0 Å². The highest BCUT2D eigenvalue weighted by Crippen LogP contribution is 2.41. The van der Waals surface area contributed by atoms with Crippen LogP contribution in [0.15, 0.2) is 64.4 Å². The summed E-state index contributed by atoms with van der Waals surface area (Å²) in [6, 6.07) is 14.2. The second-order valence-electron chi connectivity index (χ2n) is 8.18. The van der Waals surface area contributed by atoms with Crippen molar-refractivity contribution >= 4 is 73.3 Å². The molecule has 13 heteroatoms. The van der Waals surface area contributed by atoms with Crippen molar-refractivity contribution in [2.75, 3.05) is 13.4 Å². The lowest BCUT2D eigenvalue weighted by Crippen LogP contribution is -2.27. The zero-order valence-corrected chi connectivity index (χ0v) is 24.7. The molecule has 0 radical (unpaired) electrons. The predicted molar refractivity (Wildman–Crippen MR) is 154 cm³/mol. The molecule has 5 rings (SSSR count). The summed E-state index contributed by atoms with van der Waals surface area (Å²) < 4.78 is 47.9. The van der Waals surface area contributed by atoms with Gasteiger partial charge in [0.05, 0.1) is 21.6 Å². The Kier molecular flexibility index (Phi) is 7.99. The van der Waals surface area contributed by atoms with Crippen molar-refractivity contribution in [1.29, 1.82) is 0 Å². The highest BCUT2D eigenvalue weighted by atomic mass is 127. The molecule has 1 saturated heterocycles. The van der Waals surface area contributed by atoms with Gasteiger partial charge >= 0.3 is 10.1 Å². The second kappa shape index (κ2) is 11.3. The fourth-order valence-electron chi connectivity index (χ4n) is 3.80. The summed E-state index contributed by atoms with van der Waals surface area (Å²) in [6.07, 6.45) is 1.55. The first-order valence-electron chi connectivity index (χ1n) is 11.5. The SMILES string of the molecule is CCOc1cc(/C=C2\SC(=O)N(Cc3cc4c(cc3Cl)OCO4)C2=O)cc(I)c1OS(=O)(=O)c1ccccc1. The maximum atomic E-state index is 13.2. The number of nitrogens with zero attached hydrogens (tertiary/aromatic N) is 1. The van der Waals surface area contributed by atoms with E-state index in [1.54, 1.807) is 55.5 Å². The summed E-state index contributed by atoms with van der Waals surface area (Å²) in [4.78, 5) is 27.2. The second-order valence-corrected chi connectivity index (χ2v) is 12.3. The molecule has 0 spiro atoms. The van der Waals surface area contributed by atoms with Gasteiger partial charge in [0, 0.05) is 11.1 Å². The molecule has 202 valence electrons. The molecule has 2 aliphatic rings. The van der Waals surface area contributed by atoms with Gasteiger partial charge < -0.3 is 18.4 Å². The van der Waals surface area contributed by atoms with Crippen molar-refractivity contribution in [3.8, 4) is 23.0 Å². The molecule has 0 aliphatic carbocycles. The van der Waals surface area contributed by atoms with E-state index in [4.69, 9.17) is 30.0 Å². The average molecular weight is 700 g/mol. The largest absolute Gasteiger partial charge is 0.490 e. The van der Waals surface area contributed by atoms with E-state index in [9.17, 15) is 18.0 Å². The molecule has 0 saturated carbocycles. The van der Waals surface area contributed by atoms with Crippen LogP contribution in [-0.4, -0.2) is 37.9 Å². The molecule has 39 heavy (non-hydrogen) atoms. The lowest BCUT2D eigenvalue weighted by atomic mass is 10.1. The number of thioether (sulfide) groups is 1. The quantitative estimate of drug-likeness (QED) is 0.157. The number of hydrogen-bond donors (Lipinski definition) is 0. The van der Waals surface area contributed by atoms with Crippen LogP contribution in [0.5, 0.6) is 23.0 Å². The molecule has 3 aromatic rings. The number of amides is 2. The molecule has 1 fully saturated rings. The Morgan fingerprint density at radius 3 is 2.54 bits per heavy atom. The average Bonchev–Trinajstić information content (AvgIpc) is 3.46. The van der Waals surface area contributed by atoms with E-state index in [2.05, 4.69) is 0 Å². The standard InChI is InChI=1S/C26H19ClINO8S2/c1-2-34-22-9-15(8-19(28)24(22)37-39(32,33)17-6-4-3-5-7-17)10-23-25(30)29(26(31)38-23)13-16-11-20-21(12-18(16)27)36-14-35-20/h3-12H,2,13-14H2,1H3/b23-10-. The van der Waals surface area contributed by atoms with Crippen LogP contribution in [-0.2, 0) is 21.5 Å².